The molecular formula is C16H32O3. The van der Waals surface area contributed by atoms with Crippen LogP contribution in [0, 0.1) is 0 Å². The van der Waals surface area contributed by atoms with Crippen LogP contribution in [0.5, 0.6) is 0 Å². The fourth-order valence-corrected chi connectivity index (χ4v) is 2.55. The van der Waals surface area contributed by atoms with E-state index in [1.54, 1.807) is 0 Å². The zero-order valence-corrected chi connectivity index (χ0v) is 12.6. The maximum Gasteiger partial charge on any atom is 0.157 e. The van der Waals surface area contributed by atoms with Crippen molar-refractivity contribution in [3.63, 3.8) is 0 Å². The highest BCUT2D eigenvalue weighted by atomic mass is 16.7. The van der Waals surface area contributed by atoms with E-state index in [2.05, 4.69) is 6.92 Å². The van der Waals surface area contributed by atoms with Gasteiger partial charge >= 0.3 is 0 Å². The molecule has 0 radical (unpaired) electrons. The summed E-state index contributed by atoms with van der Waals surface area (Å²) in [6.07, 6.45) is 12.5. The molecule has 1 heterocycles. The summed E-state index contributed by atoms with van der Waals surface area (Å²) in [5.41, 5.74) is 0. The Kier molecular flexibility index (Phi) is 10.4. The molecule has 0 saturated carbocycles. The maximum atomic E-state index is 9.60. The number of unbranched alkanes of at least 4 members (excludes halogenated alkanes) is 4. The van der Waals surface area contributed by atoms with Gasteiger partial charge < -0.3 is 14.6 Å². The van der Waals surface area contributed by atoms with Gasteiger partial charge in [0.15, 0.2) is 6.29 Å². The van der Waals surface area contributed by atoms with Crippen LogP contribution in [0.3, 0.4) is 0 Å². The molecule has 0 aromatic rings. The van der Waals surface area contributed by atoms with E-state index in [4.69, 9.17) is 9.47 Å². The molecule has 0 aliphatic carbocycles. The van der Waals surface area contributed by atoms with Crippen LogP contribution in [0.15, 0.2) is 0 Å². The second kappa shape index (κ2) is 11.7. The monoisotopic (exact) mass is 272 g/mol. The second-order valence-corrected chi connectivity index (χ2v) is 5.67. The summed E-state index contributed by atoms with van der Waals surface area (Å²) in [5.74, 6) is 0. The summed E-state index contributed by atoms with van der Waals surface area (Å²) in [6, 6.07) is 0. The lowest BCUT2D eigenvalue weighted by Crippen LogP contribution is -2.22. The van der Waals surface area contributed by atoms with Crippen LogP contribution < -0.4 is 0 Å². The van der Waals surface area contributed by atoms with E-state index < -0.39 is 0 Å². The lowest BCUT2D eigenvalue weighted by Gasteiger charge is -2.22. The van der Waals surface area contributed by atoms with Crippen LogP contribution in [0.1, 0.15) is 77.6 Å². The second-order valence-electron chi connectivity index (χ2n) is 5.67. The number of hydrogen-bond donors (Lipinski definition) is 1. The van der Waals surface area contributed by atoms with Crippen LogP contribution in [0.25, 0.3) is 0 Å². The van der Waals surface area contributed by atoms with Crippen molar-refractivity contribution in [3.05, 3.63) is 0 Å². The largest absolute Gasteiger partial charge is 0.393 e. The van der Waals surface area contributed by atoms with Crippen molar-refractivity contribution in [2.45, 2.75) is 89.9 Å². The highest BCUT2D eigenvalue weighted by molar-refractivity contribution is 4.56. The van der Waals surface area contributed by atoms with Crippen LogP contribution in [-0.4, -0.2) is 30.7 Å². The van der Waals surface area contributed by atoms with E-state index in [0.717, 1.165) is 51.7 Å². The summed E-state index contributed by atoms with van der Waals surface area (Å²) in [5, 5.41) is 9.60. The Labute approximate surface area is 118 Å². The van der Waals surface area contributed by atoms with Crippen LogP contribution >= 0.6 is 0 Å². The van der Waals surface area contributed by atoms with E-state index >= 15 is 0 Å². The van der Waals surface area contributed by atoms with E-state index in [-0.39, 0.29) is 12.4 Å². The van der Waals surface area contributed by atoms with Crippen molar-refractivity contribution in [1.29, 1.82) is 0 Å². The molecule has 0 spiro atoms. The zero-order chi connectivity index (χ0) is 13.8. The molecule has 3 nitrogen and oxygen atoms in total. The van der Waals surface area contributed by atoms with Crippen LogP contribution in [0.4, 0.5) is 0 Å². The van der Waals surface area contributed by atoms with Gasteiger partial charge in [-0.1, -0.05) is 39.0 Å². The third kappa shape index (κ3) is 9.42. The smallest absolute Gasteiger partial charge is 0.157 e. The van der Waals surface area contributed by atoms with E-state index in [9.17, 15) is 5.11 Å². The molecule has 1 N–H and O–H groups in total. The molecule has 1 aliphatic heterocycles. The minimum Gasteiger partial charge on any atom is -0.393 e. The van der Waals surface area contributed by atoms with Crippen molar-refractivity contribution in [1.82, 2.24) is 0 Å². The minimum absolute atomic E-state index is 0.0675. The van der Waals surface area contributed by atoms with E-state index in [0.29, 0.717) is 0 Å². The van der Waals surface area contributed by atoms with Gasteiger partial charge in [0.05, 0.1) is 6.10 Å². The highest BCUT2D eigenvalue weighted by Gasteiger charge is 2.13. The highest BCUT2D eigenvalue weighted by Crippen LogP contribution is 2.15. The molecule has 0 aromatic heterocycles. The quantitative estimate of drug-likeness (QED) is 0.577. The predicted octanol–water partition coefficient (Wildman–Crippen LogP) is 4.03. The van der Waals surface area contributed by atoms with Gasteiger partial charge in [0.25, 0.3) is 0 Å². The van der Waals surface area contributed by atoms with Crippen LogP contribution in [-0.2, 0) is 9.47 Å². The molecule has 2 atom stereocenters. The maximum absolute atomic E-state index is 9.60. The first kappa shape index (κ1) is 16.9. The Bertz CT molecular complexity index is 190. The first-order chi connectivity index (χ1) is 9.33. The molecule has 3 heteroatoms. The van der Waals surface area contributed by atoms with Crippen molar-refractivity contribution in [3.8, 4) is 0 Å². The van der Waals surface area contributed by atoms with Crippen molar-refractivity contribution in [2.75, 3.05) is 13.2 Å². The molecule has 1 saturated heterocycles. The van der Waals surface area contributed by atoms with Crippen molar-refractivity contribution >= 4 is 0 Å². The summed E-state index contributed by atoms with van der Waals surface area (Å²) in [4.78, 5) is 0. The van der Waals surface area contributed by atoms with Gasteiger partial charge in [0, 0.05) is 13.2 Å². The summed E-state index contributed by atoms with van der Waals surface area (Å²) >= 11 is 0. The average molecular weight is 272 g/mol. The summed E-state index contributed by atoms with van der Waals surface area (Å²) in [6.45, 7) is 3.83. The first-order valence-corrected chi connectivity index (χ1v) is 8.24. The van der Waals surface area contributed by atoms with Gasteiger partial charge in [-0.25, -0.2) is 0 Å². The average Bonchev–Trinajstić information content (AvgIpc) is 2.43. The van der Waals surface area contributed by atoms with Crippen molar-refractivity contribution < 1.29 is 14.6 Å². The lowest BCUT2D eigenvalue weighted by molar-refractivity contribution is -0.162. The van der Waals surface area contributed by atoms with Gasteiger partial charge in [0.1, 0.15) is 0 Å². The zero-order valence-electron chi connectivity index (χ0n) is 12.6. The van der Waals surface area contributed by atoms with Gasteiger partial charge in [0.2, 0.25) is 0 Å². The molecule has 1 aliphatic rings. The molecule has 0 bridgehead atoms. The fourth-order valence-electron chi connectivity index (χ4n) is 2.55. The Morgan fingerprint density at radius 2 is 1.89 bits per heavy atom. The van der Waals surface area contributed by atoms with Crippen LogP contribution in [0.2, 0.25) is 0 Å². The Morgan fingerprint density at radius 3 is 2.63 bits per heavy atom. The molecular weight excluding hydrogens is 240 g/mol. The topological polar surface area (TPSA) is 38.7 Å². The lowest BCUT2D eigenvalue weighted by atomic mass is 10.1. The normalized spacial score (nSPS) is 21.5. The minimum atomic E-state index is -0.0724. The molecule has 19 heavy (non-hydrogen) atoms. The molecule has 1 fully saturated rings. The predicted molar refractivity (Wildman–Crippen MR) is 78.2 cm³/mol. The SMILES string of the molecule is CCCC(O)CCCCCCCOC1CCCCO1. The standard InChI is InChI=1S/C16H32O3/c1-2-10-15(17)11-6-4-3-5-8-13-18-16-12-7-9-14-19-16/h15-17H,2-14H2,1H3. The third-order valence-electron chi connectivity index (χ3n) is 3.75. The third-order valence-corrected chi connectivity index (χ3v) is 3.75. The summed E-state index contributed by atoms with van der Waals surface area (Å²) in [7, 11) is 0. The number of hydrogen-bond acceptors (Lipinski definition) is 3. The number of aliphatic hydroxyl groups excluding tert-OH is 1. The molecule has 114 valence electrons. The molecule has 0 aromatic carbocycles. The van der Waals surface area contributed by atoms with Gasteiger partial charge in [-0.2, -0.15) is 0 Å². The molecule has 0 amide bonds. The van der Waals surface area contributed by atoms with Gasteiger partial charge in [-0.3, -0.25) is 0 Å². The fraction of sp³-hybridized carbons (Fsp3) is 1.00. The van der Waals surface area contributed by atoms with E-state index in [1.807, 2.05) is 0 Å². The van der Waals surface area contributed by atoms with Crippen molar-refractivity contribution in [2.24, 2.45) is 0 Å². The first-order valence-electron chi connectivity index (χ1n) is 8.24. The Balaban J connectivity index is 1.78. The summed E-state index contributed by atoms with van der Waals surface area (Å²) < 4.78 is 11.2. The van der Waals surface area contributed by atoms with E-state index in [1.165, 1.54) is 32.1 Å². The van der Waals surface area contributed by atoms with Gasteiger partial charge in [-0.15, -0.1) is 0 Å². The van der Waals surface area contributed by atoms with Gasteiger partial charge in [-0.05, 0) is 38.5 Å². The molecule has 1 rings (SSSR count). The number of aliphatic hydroxyl groups is 1. The Hall–Kier alpha value is -0.120. The number of ether oxygens (including phenoxy) is 2. The number of rotatable bonds is 11. The Morgan fingerprint density at radius 1 is 1.11 bits per heavy atom. The molecule has 2 unspecified atom stereocenters.